The van der Waals surface area contributed by atoms with E-state index < -0.39 is 0 Å². The van der Waals surface area contributed by atoms with Gasteiger partial charge in [0.25, 0.3) is 0 Å². The molecule has 0 atom stereocenters. The van der Waals surface area contributed by atoms with Crippen LogP contribution in [0.5, 0.6) is 0 Å². The summed E-state index contributed by atoms with van der Waals surface area (Å²) in [6.07, 6.45) is 3.46. The van der Waals surface area contributed by atoms with Gasteiger partial charge in [0, 0.05) is 12.0 Å². The number of carbonyl (C=O) groups is 1. The van der Waals surface area contributed by atoms with Crippen molar-refractivity contribution in [1.29, 1.82) is 0 Å². The van der Waals surface area contributed by atoms with Crippen LogP contribution in [0.2, 0.25) is 0 Å². The summed E-state index contributed by atoms with van der Waals surface area (Å²) in [7, 11) is 0. The third-order valence-corrected chi connectivity index (χ3v) is 3.70. The maximum absolute atomic E-state index is 12.2. The zero-order valence-corrected chi connectivity index (χ0v) is 11.1. The smallest absolute Gasteiger partial charge is 0.226 e. The monoisotopic (exact) mass is 251 g/mol. The van der Waals surface area contributed by atoms with Crippen molar-refractivity contribution in [3.8, 4) is 0 Å². The van der Waals surface area contributed by atoms with Gasteiger partial charge in [0.15, 0.2) is 5.82 Å². The fourth-order valence-electron chi connectivity index (χ4n) is 2.26. The molecular formula is C12H21N5O. The Morgan fingerprint density at radius 1 is 1.56 bits per heavy atom. The average molecular weight is 251 g/mol. The molecule has 0 bridgehead atoms. The van der Waals surface area contributed by atoms with Crippen LogP contribution >= 0.6 is 0 Å². The molecule has 0 aromatic carbocycles. The van der Waals surface area contributed by atoms with Crippen molar-refractivity contribution in [1.82, 2.24) is 25.4 Å². The molecule has 1 aliphatic rings. The molecule has 1 amide bonds. The molecular weight excluding hydrogens is 230 g/mol. The van der Waals surface area contributed by atoms with E-state index in [9.17, 15) is 4.79 Å². The zero-order chi connectivity index (χ0) is 13.0. The molecule has 2 rings (SSSR count). The highest BCUT2D eigenvalue weighted by atomic mass is 16.2. The van der Waals surface area contributed by atoms with Gasteiger partial charge in [0.1, 0.15) is 6.33 Å². The summed E-state index contributed by atoms with van der Waals surface area (Å²) >= 11 is 0. The highest BCUT2D eigenvalue weighted by Crippen LogP contribution is 2.27. The molecule has 6 nitrogen and oxygen atoms in total. The van der Waals surface area contributed by atoms with Gasteiger partial charge in [0.05, 0.1) is 6.54 Å². The first kappa shape index (κ1) is 13.0. The van der Waals surface area contributed by atoms with E-state index in [2.05, 4.69) is 20.8 Å². The van der Waals surface area contributed by atoms with Gasteiger partial charge in [-0.3, -0.25) is 4.79 Å². The Labute approximate surface area is 107 Å². The molecule has 1 aromatic heterocycles. The van der Waals surface area contributed by atoms with Gasteiger partial charge in [-0.1, -0.05) is 6.92 Å². The molecule has 2 heterocycles. The molecule has 0 unspecified atom stereocenters. The van der Waals surface area contributed by atoms with Crippen LogP contribution in [0.4, 0.5) is 0 Å². The van der Waals surface area contributed by atoms with Crippen LogP contribution < -0.4 is 10.6 Å². The number of amides is 1. The number of aromatic nitrogens is 3. The normalized spacial score (nSPS) is 18.6. The van der Waals surface area contributed by atoms with Crippen LogP contribution in [0.25, 0.3) is 0 Å². The highest BCUT2D eigenvalue weighted by Gasteiger charge is 2.34. The van der Waals surface area contributed by atoms with Gasteiger partial charge < -0.3 is 15.2 Å². The fraction of sp³-hybridized carbons (Fsp3) is 0.750. The molecule has 0 spiro atoms. The average Bonchev–Trinajstić information content (AvgIpc) is 2.84. The summed E-state index contributed by atoms with van der Waals surface area (Å²) in [5.74, 6) is 0.929. The summed E-state index contributed by atoms with van der Waals surface area (Å²) in [4.78, 5) is 12.2. The van der Waals surface area contributed by atoms with Gasteiger partial charge in [-0.2, -0.15) is 0 Å². The van der Waals surface area contributed by atoms with Crippen LogP contribution in [0.1, 0.15) is 32.5 Å². The summed E-state index contributed by atoms with van der Waals surface area (Å²) < 4.78 is 1.94. The van der Waals surface area contributed by atoms with Crippen LogP contribution in [0.3, 0.4) is 0 Å². The Hall–Kier alpha value is -1.43. The molecule has 1 aromatic rings. The first-order valence-corrected chi connectivity index (χ1v) is 6.51. The van der Waals surface area contributed by atoms with E-state index in [4.69, 9.17) is 0 Å². The molecule has 100 valence electrons. The number of piperidine rings is 1. The molecule has 6 heteroatoms. The summed E-state index contributed by atoms with van der Waals surface area (Å²) in [6, 6.07) is 0. The largest absolute Gasteiger partial charge is 0.348 e. The zero-order valence-electron chi connectivity index (χ0n) is 11.1. The van der Waals surface area contributed by atoms with Gasteiger partial charge >= 0.3 is 0 Å². The van der Waals surface area contributed by atoms with E-state index in [1.54, 1.807) is 6.33 Å². The third kappa shape index (κ3) is 2.69. The molecule has 18 heavy (non-hydrogen) atoms. The lowest BCUT2D eigenvalue weighted by molar-refractivity contribution is -0.131. The highest BCUT2D eigenvalue weighted by molar-refractivity contribution is 5.82. The lowest BCUT2D eigenvalue weighted by Gasteiger charge is -2.32. The van der Waals surface area contributed by atoms with E-state index in [1.807, 2.05) is 18.4 Å². The van der Waals surface area contributed by atoms with Crippen LogP contribution in [0.15, 0.2) is 6.33 Å². The number of aryl methyl sites for hydroxylation is 1. The SMILES string of the molecule is CCn1cnnc1CNC(=O)C1(C)CCNCC1. The summed E-state index contributed by atoms with van der Waals surface area (Å²) in [6.45, 7) is 7.16. The number of nitrogens with one attached hydrogen (secondary N) is 2. The Morgan fingerprint density at radius 2 is 2.28 bits per heavy atom. The molecule has 1 fully saturated rings. The quantitative estimate of drug-likeness (QED) is 0.807. The number of hydrogen-bond donors (Lipinski definition) is 2. The maximum Gasteiger partial charge on any atom is 0.226 e. The lowest BCUT2D eigenvalue weighted by atomic mass is 9.80. The van der Waals surface area contributed by atoms with E-state index in [0.29, 0.717) is 6.54 Å². The first-order chi connectivity index (χ1) is 8.65. The second-order valence-corrected chi connectivity index (χ2v) is 5.03. The van der Waals surface area contributed by atoms with Gasteiger partial charge in [-0.05, 0) is 32.9 Å². The number of hydrogen-bond acceptors (Lipinski definition) is 4. The minimum Gasteiger partial charge on any atom is -0.348 e. The molecule has 1 saturated heterocycles. The van der Waals surface area contributed by atoms with Crippen LogP contribution in [0, 0.1) is 5.41 Å². The Kier molecular flexibility index (Phi) is 3.96. The molecule has 0 aliphatic carbocycles. The van der Waals surface area contributed by atoms with Crippen molar-refractivity contribution in [3.05, 3.63) is 12.2 Å². The molecule has 2 N–H and O–H groups in total. The van der Waals surface area contributed by atoms with E-state index in [0.717, 1.165) is 38.3 Å². The minimum absolute atomic E-state index is 0.120. The van der Waals surface area contributed by atoms with Crippen molar-refractivity contribution in [2.24, 2.45) is 5.41 Å². The molecule has 0 radical (unpaired) electrons. The number of carbonyl (C=O) groups excluding carboxylic acids is 1. The van der Waals surface area contributed by atoms with Crippen molar-refractivity contribution in [3.63, 3.8) is 0 Å². The number of nitrogens with zero attached hydrogens (tertiary/aromatic N) is 3. The van der Waals surface area contributed by atoms with Crippen molar-refractivity contribution < 1.29 is 4.79 Å². The topological polar surface area (TPSA) is 71.8 Å². The van der Waals surface area contributed by atoms with Gasteiger partial charge in [0.2, 0.25) is 5.91 Å². The second-order valence-electron chi connectivity index (χ2n) is 5.03. The predicted molar refractivity (Wildman–Crippen MR) is 67.8 cm³/mol. The van der Waals surface area contributed by atoms with Crippen molar-refractivity contribution in [2.45, 2.75) is 39.8 Å². The number of rotatable bonds is 4. The predicted octanol–water partition coefficient (Wildman–Crippen LogP) is 0.304. The Bertz CT molecular complexity index is 408. The van der Waals surface area contributed by atoms with E-state index >= 15 is 0 Å². The first-order valence-electron chi connectivity index (χ1n) is 6.51. The van der Waals surface area contributed by atoms with Crippen LogP contribution in [-0.4, -0.2) is 33.8 Å². The third-order valence-electron chi connectivity index (χ3n) is 3.70. The Balaban J connectivity index is 1.91. The Morgan fingerprint density at radius 3 is 2.94 bits per heavy atom. The summed E-state index contributed by atoms with van der Waals surface area (Å²) in [5, 5.41) is 14.1. The van der Waals surface area contributed by atoms with Gasteiger partial charge in [-0.25, -0.2) is 0 Å². The minimum atomic E-state index is -0.248. The van der Waals surface area contributed by atoms with Crippen molar-refractivity contribution >= 4 is 5.91 Å². The van der Waals surface area contributed by atoms with E-state index in [-0.39, 0.29) is 11.3 Å². The van der Waals surface area contributed by atoms with Crippen molar-refractivity contribution in [2.75, 3.05) is 13.1 Å². The van der Waals surface area contributed by atoms with Crippen LogP contribution in [-0.2, 0) is 17.9 Å². The summed E-state index contributed by atoms with van der Waals surface area (Å²) in [5.41, 5.74) is -0.248. The molecule has 1 aliphatic heterocycles. The molecule has 0 saturated carbocycles. The second kappa shape index (κ2) is 5.48. The van der Waals surface area contributed by atoms with E-state index in [1.165, 1.54) is 0 Å². The standard InChI is InChI=1S/C12H21N5O/c1-3-17-9-15-16-10(17)8-14-11(18)12(2)4-6-13-7-5-12/h9,13H,3-8H2,1-2H3,(H,14,18). The lowest BCUT2D eigenvalue weighted by Crippen LogP contribution is -2.45. The maximum atomic E-state index is 12.2. The van der Waals surface area contributed by atoms with Gasteiger partial charge in [-0.15, -0.1) is 10.2 Å². The fourth-order valence-corrected chi connectivity index (χ4v) is 2.26.